The Balaban J connectivity index is 1.71. The number of carboxylic acid groups (broad SMARTS) is 1. The highest BCUT2D eigenvalue weighted by Gasteiger charge is 2.38. The predicted molar refractivity (Wildman–Crippen MR) is 74.6 cm³/mol. The van der Waals surface area contributed by atoms with Crippen molar-refractivity contribution in [1.29, 1.82) is 0 Å². The van der Waals surface area contributed by atoms with E-state index in [-0.39, 0.29) is 11.6 Å². The number of likely N-dealkylation sites (tertiary alicyclic amines) is 1. The molecule has 1 aromatic carbocycles. The number of benzene rings is 1. The molecule has 2 aliphatic rings. The molecular formula is C15H19FN2O2. The van der Waals surface area contributed by atoms with Gasteiger partial charge in [-0.3, -0.25) is 4.90 Å². The lowest BCUT2D eigenvalue weighted by atomic mass is 10.1. The van der Waals surface area contributed by atoms with Crippen LogP contribution in [-0.2, 0) is 0 Å². The van der Waals surface area contributed by atoms with Crippen LogP contribution in [0.5, 0.6) is 0 Å². The van der Waals surface area contributed by atoms with Gasteiger partial charge in [0.15, 0.2) is 0 Å². The van der Waals surface area contributed by atoms with Crippen LogP contribution in [-0.4, -0.2) is 40.6 Å². The lowest BCUT2D eigenvalue weighted by molar-refractivity contribution is 0.0697. The second-order valence-electron chi connectivity index (χ2n) is 5.85. The van der Waals surface area contributed by atoms with Crippen molar-refractivity contribution in [2.45, 2.75) is 44.3 Å². The number of rotatable bonds is 4. The summed E-state index contributed by atoms with van der Waals surface area (Å²) in [5.41, 5.74) is 0.402. The predicted octanol–water partition coefficient (Wildman–Crippen LogP) is 2.56. The number of carbonyl (C=O) groups is 1. The van der Waals surface area contributed by atoms with Gasteiger partial charge in [-0.25, -0.2) is 9.18 Å². The van der Waals surface area contributed by atoms with Gasteiger partial charge in [0, 0.05) is 24.7 Å². The maximum atomic E-state index is 13.8. The molecule has 1 aliphatic carbocycles. The Morgan fingerprint density at radius 2 is 2.20 bits per heavy atom. The lowest BCUT2D eigenvalue weighted by Crippen LogP contribution is -2.31. The van der Waals surface area contributed by atoms with Crippen LogP contribution in [0.4, 0.5) is 10.1 Å². The van der Waals surface area contributed by atoms with Crippen molar-refractivity contribution in [3.63, 3.8) is 0 Å². The molecule has 0 spiro atoms. The van der Waals surface area contributed by atoms with Gasteiger partial charge in [0.25, 0.3) is 0 Å². The van der Waals surface area contributed by atoms with E-state index >= 15 is 0 Å². The molecule has 20 heavy (non-hydrogen) atoms. The van der Waals surface area contributed by atoms with Crippen molar-refractivity contribution in [3.05, 3.63) is 29.6 Å². The average Bonchev–Trinajstić information content (AvgIpc) is 3.17. The zero-order valence-corrected chi connectivity index (χ0v) is 11.5. The smallest absolute Gasteiger partial charge is 0.335 e. The van der Waals surface area contributed by atoms with Gasteiger partial charge in [-0.15, -0.1) is 0 Å². The summed E-state index contributed by atoms with van der Waals surface area (Å²) in [5, 5.41) is 12.1. The van der Waals surface area contributed by atoms with E-state index in [4.69, 9.17) is 5.11 Å². The summed E-state index contributed by atoms with van der Waals surface area (Å²) in [6.07, 6.45) is 3.49. The number of carboxylic acids is 1. The molecular weight excluding hydrogens is 259 g/mol. The number of hydrogen-bond donors (Lipinski definition) is 2. The highest BCUT2D eigenvalue weighted by Crippen LogP contribution is 2.34. The third-order valence-corrected chi connectivity index (χ3v) is 4.21. The molecule has 0 aromatic heterocycles. The second kappa shape index (κ2) is 5.05. The summed E-state index contributed by atoms with van der Waals surface area (Å²) in [6, 6.07) is 5.27. The van der Waals surface area contributed by atoms with Gasteiger partial charge in [0.05, 0.1) is 11.3 Å². The standard InChI is InChI=1S/C15H19FN2O2/c1-9-6-11(8-18(9)12-3-4-12)17-14-7-10(15(19)20)2-5-13(14)16/h2,5,7,9,11-12,17H,3-4,6,8H2,1H3,(H,19,20). The Labute approximate surface area is 117 Å². The van der Waals surface area contributed by atoms with Gasteiger partial charge in [-0.2, -0.15) is 0 Å². The van der Waals surface area contributed by atoms with Crippen LogP contribution < -0.4 is 5.32 Å². The molecule has 1 heterocycles. The maximum absolute atomic E-state index is 13.8. The molecule has 2 unspecified atom stereocenters. The Morgan fingerprint density at radius 3 is 2.85 bits per heavy atom. The number of hydrogen-bond acceptors (Lipinski definition) is 3. The van der Waals surface area contributed by atoms with Crippen LogP contribution in [0.3, 0.4) is 0 Å². The van der Waals surface area contributed by atoms with Gasteiger partial charge in [-0.1, -0.05) is 0 Å². The molecule has 2 fully saturated rings. The SMILES string of the molecule is CC1CC(Nc2cc(C(=O)O)ccc2F)CN1C1CC1. The van der Waals surface area contributed by atoms with Crippen LogP contribution in [0, 0.1) is 5.82 Å². The van der Waals surface area contributed by atoms with E-state index in [9.17, 15) is 9.18 Å². The zero-order chi connectivity index (χ0) is 14.3. The largest absolute Gasteiger partial charge is 0.478 e. The van der Waals surface area contributed by atoms with E-state index < -0.39 is 11.8 Å². The molecule has 0 amide bonds. The van der Waals surface area contributed by atoms with Crippen LogP contribution >= 0.6 is 0 Å². The third kappa shape index (κ3) is 2.63. The molecule has 1 saturated carbocycles. The van der Waals surface area contributed by atoms with Crippen LogP contribution in [0.1, 0.15) is 36.5 Å². The number of halogens is 1. The highest BCUT2D eigenvalue weighted by molar-refractivity contribution is 5.88. The molecule has 2 N–H and O–H groups in total. The Kier molecular flexibility index (Phi) is 3.38. The van der Waals surface area contributed by atoms with Crippen LogP contribution in [0.25, 0.3) is 0 Å². The molecule has 4 nitrogen and oxygen atoms in total. The van der Waals surface area contributed by atoms with E-state index in [2.05, 4.69) is 17.1 Å². The van der Waals surface area contributed by atoms with Crippen molar-refractivity contribution >= 4 is 11.7 Å². The monoisotopic (exact) mass is 278 g/mol. The Hall–Kier alpha value is -1.62. The molecule has 1 aromatic rings. The summed E-state index contributed by atoms with van der Waals surface area (Å²) in [5.74, 6) is -1.43. The van der Waals surface area contributed by atoms with Crippen molar-refractivity contribution in [3.8, 4) is 0 Å². The zero-order valence-electron chi connectivity index (χ0n) is 11.5. The van der Waals surface area contributed by atoms with E-state index in [1.807, 2.05) is 0 Å². The number of nitrogens with zero attached hydrogens (tertiary/aromatic N) is 1. The first-order valence-electron chi connectivity index (χ1n) is 7.09. The van der Waals surface area contributed by atoms with Gasteiger partial charge in [0.2, 0.25) is 0 Å². The molecule has 0 bridgehead atoms. The molecule has 5 heteroatoms. The van der Waals surface area contributed by atoms with E-state index in [1.165, 1.54) is 31.0 Å². The van der Waals surface area contributed by atoms with Crippen molar-refractivity contribution < 1.29 is 14.3 Å². The summed E-state index contributed by atoms with van der Waals surface area (Å²) >= 11 is 0. The topological polar surface area (TPSA) is 52.6 Å². The number of aromatic carboxylic acids is 1. The average molecular weight is 278 g/mol. The number of anilines is 1. The van der Waals surface area contributed by atoms with E-state index in [0.717, 1.165) is 13.0 Å². The lowest BCUT2D eigenvalue weighted by Gasteiger charge is -2.20. The fraction of sp³-hybridized carbons (Fsp3) is 0.533. The minimum absolute atomic E-state index is 0.110. The van der Waals surface area contributed by atoms with E-state index in [0.29, 0.717) is 17.8 Å². The fourth-order valence-corrected chi connectivity index (χ4v) is 3.06. The first-order chi connectivity index (χ1) is 9.54. The summed E-state index contributed by atoms with van der Waals surface area (Å²) in [4.78, 5) is 13.4. The van der Waals surface area contributed by atoms with Crippen molar-refractivity contribution in [2.24, 2.45) is 0 Å². The summed E-state index contributed by atoms with van der Waals surface area (Å²) in [7, 11) is 0. The second-order valence-corrected chi connectivity index (χ2v) is 5.85. The summed E-state index contributed by atoms with van der Waals surface area (Å²) in [6.45, 7) is 3.10. The van der Waals surface area contributed by atoms with Gasteiger partial charge >= 0.3 is 5.97 Å². The molecule has 108 valence electrons. The molecule has 1 aliphatic heterocycles. The third-order valence-electron chi connectivity index (χ3n) is 4.21. The highest BCUT2D eigenvalue weighted by atomic mass is 19.1. The Bertz CT molecular complexity index is 531. The normalized spacial score (nSPS) is 26.7. The van der Waals surface area contributed by atoms with Gasteiger partial charge in [-0.05, 0) is 44.4 Å². The van der Waals surface area contributed by atoms with Crippen molar-refractivity contribution in [2.75, 3.05) is 11.9 Å². The molecule has 1 saturated heterocycles. The van der Waals surface area contributed by atoms with Crippen molar-refractivity contribution in [1.82, 2.24) is 4.90 Å². The minimum atomic E-state index is -1.03. The first kappa shape index (κ1) is 13.4. The molecule has 0 radical (unpaired) electrons. The number of nitrogens with one attached hydrogen (secondary N) is 1. The summed E-state index contributed by atoms with van der Waals surface area (Å²) < 4.78 is 13.8. The van der Waals surface area contributed by atoms with Crippen LogP contribution in [0.15, 0.2) is 18.2 Å². The fourth-order valence-electron chi connectivity index (χ4n) is 3.06. The Morgan fingerprint density at radius 1 is 1.45 bits per heavy atom. The quantitative estimate of drug-likeness (QED) is 0.888. The van der Waals surface area contributed by atoms with E-state index in [1.54, 1.807) is 0 Å². The van der Waals surface area contributed by atoms with Gasteiger partial charge in [0.1, 0.15) is 5.82 Å². The maximum Gasteiger partial charge on any atom is 0.335 e. The first-order valence-corrected chi connectivity index (χ1v) is 7.09. The van der Waals surface area contributed by atoms with Gasteiger partial charge < -0.3 is 10.4 Å². The molecule has 3 rings (SSSR count). The van der Waals surface area contributed by atoms with Crippen LogP contribution in [0.2, 0.25) is 0 Å². The minimum Gasteiger partial charge on any atom is -0.478 e. The molecule has 2 atom stereocenters.